The number of alkyl halides is 1. The van der Waals surface area contributed by atoms with Gasteiger partial charge in [-0.15, -0.1) is 11.6 Å². The predicted octanol–water partition coefficient (Wildman–Crippen LogP) is 4.73. The zero-order valence-electron chi connectivity index (χ0n) is 21.2. The summed E-state index contributed by atoms with van der Waals surface area (Å²) < 4.78 is 7.50. The maximum Gasteiger partial charge on any atom is 0.245 e. The van der Waals surface area contributed by atoms with Crippen LogP contribution in [-0.2, 0) is 9.53 Å². The lowest BCUT2D eigenvalue weighted by atomic mass is 9.99. The summed E-state index contributed by atoms with van der Waals surface area (Å²) in [5, 5.41) is 4.95. The van der Waals surface area contributed by atoms with Crippen molar-refractivity contribution in [2.45, 2.75) is 30.6 Å². The van der Waals surface area contributed by atoms with E-state index in [0.717, 1.165) is 72.9 Å². The van der Waals surface area contributed by atoms with Gasteiger partial charge in [-0.2, -0.15) is 5.10 Å². The van der Waals surface area contributed by atoms with Gasteiger partial charge in [-0.3, -0.25) is 4.79 Å². The van der Waals surface area contributed by atoms with Gasteiger partial charge < -0.3 is 14.5 Å². The summed E-state index contributed by atoms with van der Waals surface area (Å²) in [6, 6.07) is 19.6. The third-order valence-electron chi connectivity index (χ3n) is 7.43. The molecule has 0 N–H and O–H groups in total. The van der Waals surface area contributed by atoms with Crippen LogP contribution in [0.4, 0.5) is 5.82 Å². The number of para-hydroxylation sites is 1. The van der Waals surface area contributed by atoms with Crippen molar-refractivity contribution in [1.82, 2.24) is 24.6 Å². The van der Waals surface area contributed by atoms with E-state index in [1.807, 2.05) is 76.4 Å². The van der Waals surface area contributed by atoms with Crippen LogP contribution in [0.1, 0.15) is 41.9 Å². The van der Waals surface area contributed by atoms with Gasteiger partial charge in [0.2, 0.25) is 5.91 Å². The smallest absolute Gasteiger partial charge is 0.245 e. The maximum absolute atomic E-state index is 13.3. The van der Waals surface area contributed by atoms with E-state index in [-0.39, 0.29) is 11.8 Å². The average molecular weight is 531 g/mol. The largest absolute Gasteiger partial charge is 0.381 e. The van der Waals surface area contributed by atoms with Crippen molar-refractivity contribution in [1.29, 1.82) is 0 Å². The highest BCUT2D eigenvalue weighted by molar-refractivity contribution is 6.30. The highest BCUT2D eigenvalue weighted by atomic mass is 35.5. The molecule has 38 heavy (non-hydrogen) atoms. The Morgan fingerprint density at radius 3 is 2.42 bits per heavy atom. The molecule has 196 valence electrons. The van der Waals surface area contributed by atoms with Crippen LogP contribution in [0.3, 0.4) is 0 Å². The first-order valence-electron chi connectivity index (χ1n) is 13.3. The molecular weight excluding hydrogens is 500 g/mol. The quantitative estimate of drug-likeness (QED) is 0.347. The van der Waals surface area contributed by atoms with Gasteiger partial charge in [0.05, 0.1) is 17.3 Å². The summed E-state index contributed by atoms with van der Waals surface area (Å²) in [4.78, 5) is 27.6. The Morgan fingerprint density at radius 1 is 0.921 bits per heavy atom. The Bertz CT molecular complexity index is 1390. The normalized spacial score (nSPS) is 17.9. The van der Waals surface area contributed by atoms with Crippen molar-refractivity contribution in [2.24, 2.45) is 0 Å². The van der Waals surface area contributed by atoms with Gasteiger partial charge in [0.15, 0.2) is 5.65 Å². The molecule has 1 atom stereocenters. The number of anilines is 1. The van der Waals surface area contributed by atoms with E-state index in [4.69, 9.17) is 31.4 Å². The van der Waals surface area contributed by atoms with Gasteiger partial charge in [0.1, 0.15) is 17.0 Å². The Labute approximate surface area is 227 Å². The summed E-state index contributed by atoms with van der Waals surface area (Å²) in [5.41, 5.74) is 2.60. The summed E-state index contributed by atoms with van der Waals surface area (Å²) in [7, 11) is 0. The van der Waals surface area contributed by atoms with Crippen molar-refractivity contribution < 1.29 is 9.53 Å². The zero-order valence-corrected chi connectivity index (χ0v) is 22.0. The fraction of sp³-hybridized carbons (Fsp3) is 0.379. The number of benzene rings is 2. The van der Waals surface area contributed by atoms with Crippen molar-refractivity contribution in [2.75, 3.05) is 44.3 Å². The van der Waals surface area contributed by atoms with E-state index < -0.39 is 5.38 Å². The number of halogens is 1. The summed E-state index contributed by atoms with van der Waals surface area (Å²) in [6.45, 7) is 4.15. The Balaban J connectivity index is 1.31. The molecule has 0 spiro atoms. The molecule has 2 fully saturated rings. The van der Waals surface area contributed by atoms with E-state index >= 15 is 0 Å². The molecule has 4 aromatic rings. The fourth-order valence-corrected chi connectivity index (χ4v) is 5.61. The highest BCUT2D eigenvalue weighted by Gasteiger charge is 2.29. The van der Waals surface area contributed by atoms with Crippen LogP contribution >= 0.6 is 11.6 Å². The summed E-state index contributed by atoms with van der Waals surface area (Å²) in [5.74, 6) is 1.93. The van der Waals surface area contributed by atoms with E-state index in [2.05, 4.69) is 4.90 Å². The second-order valence-electron chi connectivity index (χ2n) is 9.86. The van der Waals surface area contributed by atoms with Gasteiger partial charge in [-0.1, -0.05) is 48.5 Å². The van der Waals surface area contributed by atoms with Crippen LogP contribution in [0.5, 0.6) is 0 Å². The van der Waals surface area contributed by atoms with E-state index in [0.29, 0.717) is 19.6 Å². The molecule has 0 saturated carbocycles. The molecule has 2 aromatic carbocycles. The number of fused-ring (bicyclic) bond motifs is 1. The third-order valence-corrected chi connectivity index (χ3v) is 7.87. The van der Waals surface area contributed by atoms with Crippen LogP contribution in [0, 0.1) is 0 Å². The molecule has 0 unspecified atom stereocenters. The lowest BCUT2D eigenvalue weighted by Gasteiger charge is -2.26. The van der Waals surface area contributed by atoms with Crippen molar-refractivity contribution in [3.05, 3.63) is 78.2 Å². The molecule has 4 heterocycles. The topological polar surface area (TPSA) is 76.4 Å². The summed E-state index contributed by atoms with van der Waals surface area (Å²) in [6.07, 6.45) is 4.51. The zero-order chi connectivity index (χ0) is 25.9. The number of hydrogen-bond acceptors (Lipinski definition) is 6. The third kappa shape index (κ3) is 4.98. The highest BCUT2D eigenvalue weighted by Crippen LogP contribution is 2.32. The lowest BCUT2D eigenvalue weighted by molar-refractivity contribution is -0.130. The molecule has 6 rings (SSSR count). The second kappa shape index (κ2) is 11.1. The molecule has 2 aliphatic heterocycles. The minimum Gasteiger partial charge on any atom is -0.381 e. The molecule has 2 aliphatic rings. The minimum absolute atomic E-state index is 0.0488. The van der Waals surface area contributed by atoms with Crippen molar-refractivity contribution in [3.63, 3.8) is 0 Å². The van der Waals surface area contributed by atoms with Crippen LogP contribution in [-0.4, -0.2) is 69.9 Å². The van der Waals surface area contributed by atoms with Gasteiger partial charge in [0, 0.05) is 45.3 Å². The van der Waals surface area contributed by atoms with Crippen LogP contribution in [0.2, 0.25) is 0 Å². The summed E-state index contributed by atoms with van der Waals surface area (Å²) >= 11 is 6.60. The molecule has 0 aliphatic carbocycles. The van der Waals surface area contributed by atoms with Gasteiger partial charge in [-0.25, -0.2) is 14.6 Å². The molecule has 0 bridgehead atoms. The standard InChI is InChI=1S/C29H31ClN6O2/c30-25(21-8-3-1-4-9-21)29(37)35-15-7-14-34(16-17-35)27-24-20-31-36(23-10-5-2-6-11-23)28(24)33-26(32-27)22-12-18-38-19-13-22/h1-6,8-11,20,22,25H,7,12-19H2/t25-/m1/s1. The Hall–Kier alpha value is -3.49. The van der Waals surface area contributed by atoms with Gasteiger partial charge in [0.25, 0.3) is 0 Å². The number of carbonyl (C=O) groups excluding carboxylic acids is 1. The number of carbonyl (C=O) groups is 1. The van der Waals surface area contributed by atoms with Gasteiger partial charge >= 0.3 is 0 Å². The molecule has 0 radical (unpaired) electrons. The van der Waals surface area contributed by atoms with E-state index in [9.17, 15) is 4.79 Å². The van der Waals surface area contributed by atoms with Crippen LogP contribution in [0.15, 0.2) is 66.9 Å². The van der Waals surface area contributed by atoms with E-state index in [1.165, 1.54) is 0 Å². The lowest BCUT2D eigenvalue weighted by Crippen LogP contribution is -2.37. The minimum atomic E-state index is -0.683. The van der Waals surface area contributed by atoms with Crippen molar-refractivity contribution >= 4 is 34.4 Å². The second-order valence-corrected chi connectivity index (χ2v) is 10.3. The van der Waals surface area contributed by atoms with Gasteiger partial charge in [-0.05, 0) is 37.0 Å². The number of aromatic nitrogens is 4. The van der Waals surface area contributed by atoms with Crippen LogP contribution in [0.25, 0.3) is 16.7 Å². The molecule has 8 nitrogen and oxygen atoms in total. The number of amides is 1. The molecular formula is C29H31ClN6O2. The molecule has 1 amide bonds. The number of hydrogen-bond donors (Lipinski definition) is 0. The van der Waals surface area contributed by atoms with E-state index in [1.54, 1.807) is 0 Å². The predicted molar refractivity (Wildman–Crippen MR) is 148 cm³/mol. The van der Waals surface area contributed by atoms with Crippen LogP contribution < -0.4 is 4.90 Å². The Kier molecular flexibility index (Phi) is 7.25. The SMILES string of the molecule is O=C([C@H](Cl)c1ccccc1)N1CCCN(c2nc(C3CCOCC3)nc3c2cnn3-c2ccccc2)CC1. The molecule has 2 saturated heterocycles. The number of nitrogens with zero attached hydrogens (tertiary/aromatic N) is 6. The maximum atomic E-state index is 13.3. The number of rotatable bonds is 5. The average Bonchev–Trinajstić information content (AvgIpc) is 3.26. The Morgan fingerprint density at radius 2 is 1.66 bits per heavy atom. The first kappa shape index (κ1) is 24.8. The monoisotopic (exact) mass is 530 g/mol. The molecule has 2 aromatic heterocycles. The first-order valence-corrected chi connectivity index (χ1v) is 13.7. The molecule has 9 heteroatoms. The fourth-order valence-electron chi connectivity index (χ4n) is 5.32. The van der Waals surface area contributed by atoms with Crippen molar-refractivity contribution in [3.8, 4) is 5.69 Å². The number of ether oxygens (including phenoxy) is 1. The first-order chi connectivity index (χ1) is 18.7.